The maximum atomic E-state index is 11.6. The number of ether oxygens (including phenoxy) is 2. The Balaban J connectivity index is 2.01. The first kappa shape index (κ1) is 14.5. The number of hydrogen-bond donors (Lipinski definition) is 1. The maximum Gasteiger partial charge on any atom is 0.336 e. The molecule has 0 saturated carbocycles. The van der Waals surface area contributed by atoms with Crippen LogP contribution in [-0.4, -0.2) is 24.3 Å². The van der Waals surface area contributed by atoms with Crippen molar-refractivity contribution in [2.24, 2.45) is 0 Å². The van der Waals surface area contributed by atoms with E-state index < -0.39 is 5.97 Å². The number of benzene rings is 2. The molecule has 4 nitrogen and oxygen atoms in total. The van der Waals surface area contributed by atoms with E-state index in [1.165, 1.54) is 0 Å². The van der Waals surface area contributed by atoms with Crippen molar-refractivity contribution in [1.82, 2.24) is 0 Å². The van der Waals surface area contributed by atoms with Gasteiger partial charge in [0.15, 0.2) is 11.5 Å². The number of carbonyl (C=O) groups is 1. The number of halogens is 1. The fourth-order valence-electron chi connectivity index (χ4n) is 2.21. The lowest BCUT2D eigenvalue weighted by atomic mass is 10.0. The van der Waals surface area contributed by atoms with E-state index in [0.29, 0.717) is 35.3 Å². The summed E-state index contributed by atoms with van der Waals surface area (Å²) in [7, 11) is 0. The summed E-state index contributed by atoms with van der Waals surface area (Å²) in [6, 6.07) is 12.1. The first-order valence-electron chi connectivity index (χ1n) is 6.74. The van der Waals surface area contributed by atoms with Crippen LogP contribution in [0.15, 0.2) is 42.5 Å². The SMILES string of the molecule is O=C(O)/C(=C\c1ccc(Cl)cc1)c1ccc2c(c1)OCCO2. The number of fused-ring (bicyclic) bond motifs is 1. The molecule has 0 fully saturated rings. The molecule has 1 N–H and O–H groups in total. The molecule has 0 bridgehead atoms. The lowest BCUT2D eigenvalue weighted by molar-refractivity contribution is -0.130. The van der Waals surface area contributed by atoms with E-state index in [9.17, 15) is 9.90 Å². The highest BCUT2D eigenvalue weighted by Crippen LogP contribution is 2.33. The van der Waals surface area contributed by atoms with E-state index in [0.717, 1.165) is 5.56 Å². The molecule has 112 valence electrons. The highest BCUT2D eigenvalue weighted by atomic mass is 35.5. The second kappa shape index (κ2) is 6.12. The first-order chi connectivity index (χ1) is 10.6. The Kier molecular flexibility index (Phi) is 4.02. The van der Waals surface area contributed by atoms with Crippen molar-refractivity contribution < 1.29 is 19.4 Å². The summed E-state index contributed by atoms with van der Waals surface area (Å²) in [5, 5.41) is 10.1. The third-order valence-corrected chi connectivity index (χ3v) is 3.52. The minimum Gasteiger partial charge on any atom is -0.486 e. The number of hydrogen-bond acceptors (Lipinski definition) is 3. The Morgan fingerprint density at radius 3 is 2.41 bits per heavy atom. The first-order valence-corrected chi connectivity index (χ1v) is 7.12. The second-order valence-corrected chi connectivity index (χ2v) is 5.21. The van der Waals surface area contributed by atoms with Crippen molar-refractivity contribution in [3.63, 3.8) is 0 Å². The van der Waals surface area contributed by atoms with Crippen LogP contribution >= 0.6 is 11.6 Å². The Labute approximate surface area is 132 Å². The predicted molar refractivity (Wildman–Crippen MR) is 84.4 cm³/mol. The summed E-state index contributed by atoms with van der Waals surface area (Å²) in [6.45, 7) is 0.957. The minimum absolute atomic E-state index is 0.180. The Morgan fingerprint density at radius 2 is 1.73 bits per heavy atom. The van der Waals surface area contributed by atoms with Gasteiger partial charge in [0.25, 0.3) is 0 Å². The molecule has 0 amide bonds. The molecule has 2 aromatic carbocycles. The molecule has 2 aromatic rings. The predicted octanol–water partition coefficient (Wildman–Crippen LogP) is 3.74. The van der Waals surface area contributed by atoms with Crippen LogP contribution in [0.4, 0.5) is 0 Å². The average Bonchev–Trinajstić information content (AvgIpc) is 2.53. The Morgan fingerprint density at radius 1 is 1.05 bits per heavy atom. The van der Waals surface area contributed by atoms with Crippen molar-refractivity contribution in [3.8, 4) is 11.5 Å². The Bertz CT molecular complexity index is 735. The van der Waals surface area contributed by atoms with Crippen LogP contribution in [0.3, 0.4) is 0 Å². The minimum atomic E-state index is -1.01. The van der Waals surface area contributed by atoms with Gasteiger partial charge in [0.1, 0.15) is 13.2 Å². The third-order valence-electron chi connectivity index (χ3n) is 3.26. The fraction of sp³-hybridized carbons (Fsp3) is 0.118. The molecule has 1 heterocycles. The number of carboxylic acids is 1. The van der Waals surface area contributed by atoms with Crippen LogP contribution in [0, 0.1) is 0 Å². The fourth-order valence-corrected chi connectivity index (χ4v) is 2.33. The van der Waals surface area contributed by atoms with Gasteiger partial charge in [0, 0.05) is 5.02 Å². The van der Waals surface area contributed by atoms with Crippen LogP contribution in [0.1, 0.15) is 11.1 Å². The van der Waals surface area contributed by atoms with Crippen molar-refractivity contribution in [2.75, 3.05) is 13.2 Å². The smallest absolute Gasteiger partial charge is 0.336 e. The topological polar surface area (TPSA) is 55.8 Å². The lowest BCUT2D eigenvalue weighted by Crippen LogP contribution is -2.15. The number of aliphatic carboxylic acids is 1. The molecule has 0 aromatic heterocycles. The summed E-state index contributed by atoms with van der Waals surface area (Å²) < 4.78 is 10.9. The standard InChI is InChI=1S/C17H13ClO4/c18-13-4-1-11(2-5-13)9-14(17(19)20)12-3-6-15-16(10-12)22-8-7-21-15/h1-6,9-10H,7-8H2,(H,19,20)/b14-9-. The molecule has 22 heavy (non-hydrogen) atoms. The quantitative estimate of drug-likeness (QED) is 0.692. The van der Waals surface area contributed by atoms with Gasteiger partial charge < -0.3 is 14.6 Å². The maximum absolute atomic E-state index is 11.6. The summed E-state index contributed by atoms with van der Waals surface area (Å²) >= 11 is 5.84. The normalized spacial score (nSPS) is 13.8. The summed E-state index contributed by atoms with van der Waals surface area (Å²) in [4.78, 5) is 11.6. The van der Waals surface area contributed by atoms with E-state index in [2.05, 4.69) is 0 Å². The summed E-state index contributed by atoms with van der Waals surface area (Å²) in [5.74, 6) is 0.185. The van der Waals surface area contributed by atoms with E-state index in [4.69, 9.17) is 21.1 Å². The number of rotatable bonds is 3. The van der Waals surface area contributed by atoms with Gasteiger partial charge in [-0.1, -0.05) is 29.8 Å². The molecule has 0 unspecified atom stereocenters. The average molecular weight is 317 g/mol. The third kappa shape index (κ3) is 3.07. The molecular weight excluding hydrogens is 304 g/mol. The van der Waals surface area contributed by atoms with Crippen LogP contribution < -0.4 is 9.47 Å². The zero-order valence-electron chi connectivity index (χ0n) is 11.6. The zero-order chi connectivity index (χ0) is 15.5. The van der Waals surface area contributed by atoms with Crippen LogP contribution in [-0.2, 0) is 4.79 Å². The van der Waals surface area contributed by atoms with Gasteiger partial charge >= 0.3 is 5.97 Å². The van der Waals surface area contributed by atoms with Crippen LogP contribution in [0.5, 0.6) is 11.5 Å². The molecule has 0 saturated heterocycles. The van der Waals surface area contributed by atoms with Gasteiger partial charge in [-0.2, -0.15) is 0 Å². The van der Waals surface area contributed by atoms with Crippen LogP contribution in [0.2, 0.25) is 5.02 Å². The van der Waals surface area contributed by atoms with E-state index in [1.807, 2.05) is 0 Å². The largest absolute Gasteiger partial charge is 0.486 e. The van der Waals surface area contributed by atoms with E-state index >= 15 is 0 Å². The summed E-state index contributed by atoms with van der Waals surface area (Å²) in [5.41, 5.74) is 1.50. The van der Waals surface area contributed by atoms with Gasteiger partial charge in [-0.05, 0) is 41.5 Å². The van der Waals surface area contributed by atoms with Gasteiger partial charge in [-0.3, -0.25) is 0 Å². The molecular formula is C17H13ClO4. The molecule has 0 atom stereocenters. The molecule has 5 heteroatoms. The zero-order valence-corrected chi connectivity index (χ0v) is 12.3. The molecule has 0 spiro atoms. The second-order valence-electron chi connectivity index (χ2n) is 4.77. The highest BCUT2D eigenvalue weighted by molar-refractivity contribution is 6.30. The molecule has 1 aliphatic rings. The van der Waals surface area contributed by atoms with Gasteiger partial charge in [-0.25, -0.2) is 4.79 Å². The van der Waals surface area contributed by atoms with E-state index in [1.54, 1.807) is 48.5 Å². The molecule has 0 aliphatic carbocycles. The van der Waals surface area contributed by atoms with Gasteiger partial charge in [-0.15, -0.1) is 0 Å². The lowest BCUT2D eigenvalue weighted by Gasteiger charge is -2.19. The Hall–Kier alpha value is -2.46. The summed E-state index contributed by atoms with van der Waals surface area (Å²) in [6.07, 6.45) is 1.60. The van der Waals surface area contributed by atoms with Crippen molar-refractivity contribution in [3.05, 3.63) is 58.6 Å². The molecule has 1 aliphatic heterocycles. The highest BCUT2D eigenvalue weighted by Gasteiger charge is 2.16. The van der Waals surface area contributed by atoms with E-state index in [-0.39, 0.29) is 5.57 Å². The van der Waals surface area contributed by atoms with Crippen molar-refractivity contribution in [1.29, 1.82) is 0 Å². The monoisotopic (exact) mass is 316 g/mol. The number of carboxylic acid groups (broad SMARTS) is 1. The molecule has 3 rings (SSSR count). The van der Waals surface area contributed by atoms with Gasteiger partial charge in [0.2, 0.25) is 0 Å². The molecule has 0 radical (unpaired) electrons. The van der Waals surface area contributed by atoms with Crippen molar-refractivity contribution >= 4 is 29.2 Å². The van der Waals surface area contributed by atoms with Crippen molar-refractivity contribution in [2.45, 2.75) is 0 Å². The van der Waals surface area contributed by atoms with Gasteiger partial charge in [0.05, 0.1) is 5.57 Å². The van der Waals surface area contributed by atoms with Crippen LogP contribution in [0.25, 0.3) is 11.6 Å².